The zero-order chi connectivity index (χ0) is 8.97. The summed E-state index contributed by atoms with van der Waals surface area (Å²) < 4.78 is 1.75. The fourth-order valence-corrected chi connectivity index (χ4v) is 1.13. The van der Waals surface area contributed by atoms with Crippen molar-refractivity contribution < 1.29 is 5.11 Å². The highest BCUT2D eigenvalue weighted by Gasteiger charge is 2.06. The van der Waals surface area contributed by atoms with Gasteiger partial charge in [-0.2, -0.15) is 5.10 Å². The molecule has 1 rings (SSSR count). The molecule has 0 saturated carbocycles. The van der Waals surface area contributed by atoms with Crippen molar-refractivity contribution in [2.75, 3.05) is 13.2 Å². The second kappa shape index (κ2) is 8.05. The van der Waals surface area contributed by atoms with E-state index in [0.717, 1.165) is 12.0 Å². The first-order valence-corrected chi connectivity index (χ1v) is 4.04. The van der Waals surface area contributed by atoms with E-state index < -0.39 is 0 Å². The number of aryl methyl sites for hydroxylation is 1. The molecular formula is C8H17Cl2N3O. The molecule has 84 valence electrons. The smallest absolute Gasteiger partial charge is 0.0521 e. The summed E-state index contributed by atoms with van der Waals surface area (Å²) in [5.41, 5.74) is 6.58. The molecule has 0 aliphatic heterocycles. The molecule has 1 heterocycles. The van der Waals surface area contributed by atoms with Gasteiger partial charge in [-0.05, 0) is 24.4 Å². The molecule has 0 aliphatic carbocycles. The van der Waals surface area contributed by atoms with Crippen LogP contribution in [-0.2, 0) is 13.5 Å². The minimum atomic E-state index is 0. The molecule has 0 aromatic carbocycles. The maximum Gasteiger partial charge on any atom is 0.0521 e. The predicted molar refractivity (Wildman–Crippen MR) is 61.0 cm³/mol. The molecule has 0 spiro atoms. The SMILES string of the molecule is Cl.Cl.Cn1cc(CC(CN)CO)cn1. The second-order valence-electron chi connectivity index (χ2n) is 3.01. The Hall–Kier alpha value is -0.290. The number of nitrogens with two attached hydrogens (primary N) is 1. The summed E-state index contributed by atoms with van der Waals surface area (Å²) >= 11 is 0. The minimum Gasteiger partial charge on any atom is -0.396 e. The molecule has 14 heavy (non-hydrogen) atoms. The highest BCUT2D eigenvalue weighted by molar-refractivity contribution is 5.85. The van der Waals surface area contributed by atoms with Gasteiger partial charge in [0.25, 0.3) is 0 Å². The first kappa shape index (κ1) is 16.2. The van der Waals surface area contributed by atoms with Gasteiger partial charge in [-0.15, -0.1) is 24.8 Å². The van der Waals surface area contributed by atoms with Crippen LogP contribution < -0.4 is 5.73 Å². The lowest BCUT2D eigenvalue weighted by Gasteiger charge is -2.08. The van der Waals surface area contributed by atoms with E-state index in [1.165, 1.54) is 0 Å². The van der Waals surface area contributed by atoms with Crippen molar-refractivity contribution in [2.24, 2.45) is 18.7 Å². The number of aliphatic hydroxyl groups is 1. The van der Waals surface area contributed by atoms with Crippen LogP contribution >= 0.6 is 24.8 Å². The summed E-state index contributed by atoms with van der Waals surface area (Å²) in [6.07, 6.45) is 4.55. The monoisotopic (exact) mass is 241 g/mol. The van der Waals surface area contributed by atoms with E-state index in [-0.39, 0.29) is 37.3 Å². The number of rotatable bonds is 4. The summed E-state index contributed by atoms with van der Waals surface area (Å²) in [4.78, 5) is 0. The molecule has 1 aromatic rings. The van der Waals surface area contributed by atoms with E-state index in [1.807, 2.05) is 13.2 Å². The zero-order valence-electron chi connectivity index (χ0n) is 8.09. The van der Waals surface area contributed by atoms with E-state index >= 15 is 0 Å². The van der Waals surface area contributed by atoms with Crippen molar-refractivity contribution in [2.45, 2.75) is 6.42 Å². The third kappa shape index (κ3) is 4.81. The minimum absolute atomic E-state index is 0. The van der Waals surface area contributed by atoms with Crippen LogP contribution in [0.2, 0.25) is 0 Å². The van der Waals surface area contributed by atoms with Crippen LogP contribution in [0.15, 0.2) is 12.4 Å². The second-order valence-corrected chi connectivity index (χ2v) is 3.01. The van der Waals surface area contributed by atoms with Crippen molar-refractivity contribution in [1.29, 1.82) is 0 Å². The van der Waals surface area contributed by atoms with E-state index in [4.69, 9.17) is 10.8 Å². The topological polar surface area (TPSA) is 64.1 Å². The van der Waals surface area contributed by atoms with E-state index in [2.05, 4.69) is 5.10 Å². The molecule has 0 saturated heterocycles. The van der Waals surface area contributed by atoms with Gasteiger partial charge in [0.1, 0.15) is 0 Å². The fourth-order valence-electron chi connectivity index (χ4n) is 1.13. The highest BCUT2D eigenvalue weighted by Crippen LogP contribution is 2.05. The fraction of sp³-hybridized carbons (Fsp3) is 0.625. The number of hydrogen-bond acceptors (Lipinski definition) is 3. The molecular weight excluding hydrogens is 225 g/mol. The van der Waals surface area contributed by atoms with Gasteiger partial charge in [-0.3, -0.25) is 4.68 Å². The van der Waals surface area contributed by atoms with Crippen LogP contribution in [0.3, 0.4) is 0 Å². The molecule has 0 amide bonds. The van der Waals surface area contributed by atoms with Crippen LogP contribution in [0.25, 0.3) is 0 Å². The van der Waals surface area contributed by atoms with Crippen LogP contribution in [-0.4, -0.2) is 28.0 Å². The number of nitrogens with zero attached hydrogens (tertiary/aromatic N) is 2. The van der Waals surface area contributed by atoms with E-state index in [9.17, 15) is 0 Å². The Morgan fingerprint density at radius 3 is 2.57 bits per heavy atom. The third-order valence-corrected chi connectivity index (χ3v) is 1.87. The van der Waals surface area contributed by atoms with Crippen LogP contribution in [0.1, 0.15) is 5.56 Å². The molecule has 0 radical (unpaired) electrons. The van der Waals surface area contributed by atoms with Crippen molar-refractivity contribution >= 4 is 24.8 Å². The zero-order valence-corrected chi connectivity index (χ0v) is 9.72. The lowest BCUT2D eigenvalue weighted by atomic mass is 10.0. The average molecular weight is 242 g/mol. The molecule has 3 N–H and O–H groups in total. The summed E-state index contributed by atoms with van der Waals surface area (Å²) in [6.45, 7) is 0.663. The normalized spacial score (nSPS) is 11.4. The Bertz CT molecular complexity index is 238. The Balaban J connectivity index is 0. The van der Waals surface area contributed by atoms with Crippen LogP contribution in [0.4, 0.5) is 0 Å². The average Bonchev–Trinajstić information content (AvgIpc) is 2.47. The maximum absolute atomic E-state index is 8.89. The van der Waals surface area contributed by atoms with Gasteiger partial charge in [-0.1, -0.05) is 0 Å². The maximum atomic E-state index is 8.89. The molecule has 1 aromatic heterocycles. The quantitative estimate of drug-likeness (QED) is 0.801. The number of aromatic nitrogens is 2. The Morgan fingerprint density at radius 1 is 1.57 bits per heavy atom. The predicted octanol–water partition coefficient (Wildman–Crippen LogP) is 0.373. The standard InChI is InChI=1S/C8H15N3O.2ClH/c1-11-5-8(4-10-11)2-7(3-9)6-12;;/h4-5,7,12H,2-3,6,9H2,1H3;2*1H. The Labute approximate surface area is 96.3 Å². The summed E-state index contributed by atoms with van der Waals surface area (Å²) in [5, 5.41) is 12.9. The molecule has 4 nitrogen and oxygen atoms in total. The summed E-state index contributed by atoms with van der Waals surface area (Å²) in [7, 11) is 1.87. The largest absolute Gasteiger partial charge is 0.396 e. The van der Waals surface area contributed by atoms with Crippen LogP contribution in [0, 0.1) is 5.92 Å². The lowest BCUT2D eigenvalue weighted by molar-refractivity contribution is 0.230. The van der Waals surface area contributed by atoms with Crippen molar-refractivity contribution in [3.63, 3.8) is 0 Å². The van der Waals surface area contributed by atoms with Crippen molar-refractivity contribution in [3.8, 4) is 0 Å². The number of halogens is 2. The van der Waals surface area contributed by atoms with Gasteiger partial charge in [0.05, 0.1) is 6.20 Å². The Kier molecular flexibility index (Phi) is 9.29. The van der Waals surface area contributed by atoms with Gasteiger partial charge in [0, 0.05) is 19.9 Å². The molecule has 0 bridgehead atoms. The molecule has 1 atom stereocenters. The van der Waals surface area contributed by atoms with Crippen molar-refractivity contribution in [1.82, 2.24) is 9.78 Å². The lowest BCUT2D eigenvalue weighted by Crippen LogP contribution is -2.20. The van der Waals surface area contributed by atoms with Gasteiger partial charge < -0.3 is 10.8 Å². The molecule has 0 aliphatic rings. The molecule has 6 heteroatoms. The number of aliphatic hydroxyl groups excluding tert-OH is 1. The van der Waals surface area contributed by atoms with Gasteiger partial charge >= 0.3 is 0 Å². The van der Waals surface area contributed by atoms with Crippen molar-refractivity contribution in [3.05, 3.63) is 18.0 Å². The van der Waals surface area contributed by atoms with E-state index in [0.29, 0.717) is 6.54 Å². The Morgan fingerprint density at radius 2 is 2.21 bits per heavy atom. The highest BCUT2D eigenvalue weighted by atomic mass is 35.5. The van der Waals surface area contributed by atoms with E-state index in [1.54, 1.807) is 10.9 Å². The molecule has 0 fully saturated rings. The molecule has 1 unspecified atom stereocenters. The van der Waals surface area contributed by atoms with Gasteiger partial charge in [0.2, 0.25) is 0 Å². The van der Waals surface area contributed by atoms with Gasteiger partial charge in [0.15, 0.2) is 0 Å². The number of hydrogen-bond donors (Lipinski definition) is 2. The van der Waals surface area contributed by atoms with Gasteiger partial charge in [-0.25, -0.2) is 0 Å². The van der Waals surface area contributed by atoms with Crippen LogP contribution in [0.5, 0.6) is 0 Å². The summed E-state index contributed by atoms with van der Waals surface area (Å²) in [5.74, 6) is 0.161. The first-order valence-electron chi connectivity index (χ1n) is 4.04. The third-order valence-electron chi connectivity index (χ3n) is 1.87. The first-order chi connectivity index (χ1) is 5.76. The summed E-state index contributed by atoms with van der Waals surface area (Å²) in [6, 6.07) is 0.